The minimum Gasteiger partial charge on any atom is -0.462 e. The molecular formula is C15H21N3O3. The number of benzene rings is 1. The molecule has 114 valence electrons. The fourth-order valence-corrected chi connectivity index (χ4v) is 2.36. The van der Waals surface area contributed by atoms with Gasteiger partial charge in [-0.2, -0.15) is 0 Å². The molecule has 1 aliphatic heterocycles. The number of amides is 1. The van der Waals surface area contributed by atoms with Gasteiger partial charge in [0.15, 0.2) is 0 Å². The van der Waals surface area contributed by atoms with Crippen molar-refractivity contribution in [3.63, 3.8) is 0 Å². The molecule has 0 aromatic heterocycles. The molecule has 1 aromatic carbocycles. The number of hydrogen-bond donors (Lipinski definition) is 2. The SMILES string of the molecule is CCOC(=O)c1cccc(NCC(=O)N2CCCC2)c1N. The molecule has 2 rings (SSSR count). The van der Waals surface area contributed by atoms with Crippen molar-refractivity contribution in [1.82, 2.24) is 4.90 Å². The van der Waals surface area contributed by atoms with Gasteiger partial charge in [-0.15, -0.1) is 0 Å². The van der Waals surface area contributed by atoms with Gasteiger partial charge in [0, 0.05) is 13.1 Å². The van der Waals surface area contributed by atoms with Gasteiger partial charge in [-0.05, 0) is 31.9 Å². The highest BCUT2D eigenvalue weighted by molar-refractivity contribution is 5.98. The van der Waals surface area contributed by atoms with E-state index in [9.17, 15) is 9.59 Å². The lowest BCUT2D eigenvalue weighted by atomic mass is 10.1. The third-order valence-electron chi connectivity index (χ3n) is 3.49. The van der Waals surface area contributed by atoms with E-state index >= 15 is 0 Å². The molecule has 1 amide bonds. The lowest BCUT2D eigenvalue weighted by Gasteiger charge is -2.17. The normalized spacial score (nSPS) is 14.0. The predicted molar refractivity (Wildman–Crippen MR) is 81.1 cm³/mol. The number of nitrogens with zero attached hydrogens (tertiary/aromatic N) is 1. The van der Waals surface area contributed by atoms with E-state index in [0.29, 0.717) is 23.5 Å². The maximum Gasteiger partial charge on any atom is 0.340 e. The second-order valence-corrected chi connectivity index (χ2v) is 4.93. The smallest absolute Gasteiger partial charge is 0.340 e. The summed E-state index contributed by atoms with van der Waals surface area (Å²) in [5.74, 6) is -0.405. The summed E-state index contributed by atoms with van der Waals surface area (Å²) in [6.45, 7) is 3.85. The van der Waals surface area contributed by atoms with Gasteiger partial charge in [-0.25, -0.2) is 4.79 Å². The molecule has 0 spiro atoms. The number of anilines is 2. The number of carbonyl (C=O) groups is 2. The molecule has 0 bridgehead atoms. The van der Waals surface area contributed by atoms with Crippen LogP contribution in [0.2, 0.25) is 0 Å². The van der Waals surface area contributed by atoms with Gasteiger partial charge in [0.2, 0.25) is 5.91 Å². The van der Waals surface area contributed by atoms with Crippen molar-refractivity contribution in [3.05, 3.63) is 23.8 Å². The lowest BCUT2D eigenvalue weighted by molar-refractivity contribution is -0.128. The van der Waals surface area contributed by atoms with Crippen LogP contribution in [0.4, 0.5) is 11.4 Å². The zero-order chi connectivity index (χ0) is 15.2. The Morgan fingerprint density at radius 3 is 2.71 bits per heavy atom. The standard InChI is InChI=1S/C15H21N3O3/c1-2-21-15(20)11-6-5-7-12(14(11)16)17-10-13(19)18-8-3-4-9-18/h5-7,17H,2-4,8-10,16H2,1H3. The Labute approximate surface area is 124 Å². The highest BCUT2D eigenvalue weighted by Crippen LogP contribution is 2.23. The fraction of sp³-hybridized carbons (Fsp3) is 0.467. The molecule has 0 unspecified atom stereocenters. The summed E-state index contributed by atoms with van der Waals surface area (Å²) in [7, 11) is 0. The van der Waals surface area contributed by atoms with Crippen LogP contribution in [-0.2, 0) is 9.53 Å². The molecule has 0 radical (unpaired) electrons. The average Bonchev–Trinajstić information content (AvgIpc) is 3.00. The second-order valence-electron chi connectivity index (χ2n) is 4.93. The molecule has 1 fully saturated rings. The largest absolute Gasteiger partial charge is 0.462 e. The number of nitrogen functional groups attached to an aromatic ring is 1. The summed E-state index contributed by atoms with van der Waals surface area (Å²) in [6, 6.07) is 5.07. The van der Waals surface area contributed by atoms with E-state index in [1.54, 1.807) is 25.1 Å². The molecule has 6 heteroatoms. The molecular weight excluding hydrogens is 270 g/mol. The number of hydrogen-bond acceptors (Lipinski definition) is 5. The van der Waals surface area contributed by atoms with Crippen LogP contribution in [0.1, 0.15) is 30.1 Å². The number of para-hydroxylation sites is 1. The average molecular weight is 291 g/mol. The van der Waals surface area contributed by atoms with Crippen molar-refractivity contribution in [2.75, 3.05) is 37.3 Å². The van der Waals surface area contributed by atoms with E-state index in [4.69, 9.17) is 10.5 Å². The monoisotopic (exact) mass is 291 g/mol. The van der Waals surface area contributed by atoms with E-state index in [2.05, 4.69) is 5.32 Å². The molecule has 1 heterocycles. The van der Waals surface area contributed by atoms with Gasteiger partial charge in [0.1, 0.15) is 0 Å². The number of nitrogens with two attached hydrogens (primary N) is 1. The fourth-order valence-electron chi connectivity index (χ4n) is 2.36. The minimum absolute atomic E-state index is 0.0495. The summed E-state index contributed by atoms with van der Waals surface area (Å²) in [6.07, 6.45) is 2.12. The van der Waals surface area contributed by atoms with Crippen molar-refractivity contribution in [2.45, 2.75) is 19.8 Å². The van der Waals surface area contributed by atoms with Crippen LogP contribution >= 0.6 is 0 Å². The first-order valence-electron chi connectivity index (χ1n) is 7.20. The van der Waals surface area contributed by atoms with Crippen molar-refractivity contribution in [2.24, 2.45) is 0 Å². The summed E-state index contributed by atoms with van der Waals surface area (Å²) >= 11 is 0. The Bertz CT molecular complexity index is 525. The van der Waals surface area contributed by atoms with Gasteiger partial charge in [-0.1, -0.05) is 6.07 Å². The van der Waals surface area contributed by atoms with Crippen LogP contribution in [0.25, 0.3) is 0 Å². The van der Waals surface area contributed by atoms with Gasteiger partial charge < -0.3 is 20.7 Å². The Morgan fingerprint density at radius 1 is 1.33 bits per heavy atom. The Morgan fingerprint density at radius 2 is 2.05 bits per heavy atom. The Hall–Kier alpha value is -2.24. The van der Waals surface area contributed by atoms with Crippen molar-refractivity contribution >= 4 is 23.3 Å². The number of esters is 1. The number of carbonyl (C=O) groups excluding carboxylic acids is 2. The molecule has 0 saturated carbocycles. The van der Waals surface area contributed by atoms with Crippen molar-refractivity contribution < 1.29 is 14.3 Å². The highest BCUT2D eigenvalue weighted by Gasteiger charge is 2.18. The summed E-state index contributed by atoms with van der Waals surface area (Å²) in [4.78, 5) is 25.6. The van der Waals surface area contributed by atoms with Gasteiger partial charge >= 0.3 is 5.97 Å². The zero-order valence-corrected chi connectivity index (χ0v) is 12.2. The van der Waals surface area contributed by atoms with Gasteiger partial charge in [-0.3, -0.25) is 4.79 Å². The van der Waals surface area contributed by atoms with E-state index < -0.39 is 5.97 Å². The maximum absolute atomic E-state index is 12.0. The maximum atomic E-state index is 12.0. The molecule has 1 aliphatic rings. The van der Waals surface area contributed by atoms with Crippen LogP contribution in [0.15, 0.2) is 18.2 Å². The highest BCUT2D eigenvalue weighted by atomic mass is 16.5. The third-order valence-corrected chi connectivity index (χ3v) is 3.49. The molecule has 1 aromatic rings. The quantitative estimate of drug-likeness (QED) is 0.634. The second kappa shape index (κ2) is 6.97. The third kappa shape index (κ3) is 3.65. The summed E-state index contributed by atoms with van der Waals surface area (Å²) in [5.41, 5.74) is 7.17. The van der Waals surface area contributed by atoms with E-state index in [1.165, 1.54) is 0 Å². The first-order chi connectivity index (χ1) is 10.1. The number of nitrogens with one attached hydrogen (secondary N) is 1. The van der Waals surface area contributed by atoms with Crippen LogP contribution in [-0.4, -0.2) is 43.0 Å². The lowest BCUT2D eigenvalue weighted by Crippen LogP contribution is -2.33. The number of rotatable bonds is 5. The Balaban J connectivity index is 2.01. The van der Waals surface area contributed by atoms with Crippen LogP contribution in [0, 0.1) is 0 Å². The first kappa shape index (κ1) is 15.2. The van der Waals surface area contributed by atoms with E-state index in [0.717, 1.165) is 25.9 Å². The topological polar surface area (TPSA) is 84.7 Å². The van der Waals surface area contributed by atoms with E-state index in [1.807, 2.05) is 4.90 Å². The zero-order valence-electron chi connectivity index (χ0n) is 12.2. The first-order valence-corrected chi connectivity index (χ1v) is 7.20. The summed E-state index contributed by atoms with van der Waals surface area (Å²) in [5, 5.41) is 3.00. The molecule has 6 nitrogen and oxygen atoms in total. The van der Waals surface area contributed by atoms with Crippen LogP contribution in [0.5, 0.6) is 0 Å². The van der Waals surface area contributed by atoms with Crippen LogP contribution in [0.3, 0.4) is 0 Å². The molecule has 3 N–H and O–H groups in total. The number of likely N-dealkylation sites (tertiary alicyclic amines) is 1. The van der Waals surface area contributed by atoms with Crippen molar-refractivity contribution in [1.29, 1.82) is 0 Å². The predicted octanol–water partition coefficient (Wildman–Crippen LogP) is 1.48. The minimum atomic E-state index is -0.454. The summed E-state index contributed by atoms with van der Waals surface area (Å²) < 4.78 is 4.95. The van der Waals surface area contributed by atoms with E-state index in [-0.39, 0.29) is 12.5 Å². The molecule has 0 aliphatic carbocycles. The molecule has 0 atom stereocenters. The van der Waals surface area contributed by atoms with Crippen LogP contribution < -0.4 is 11.1 Å². The van der Waals surface area contributed by atoms with Gasteiger partial charge in [0.25, 0.3) is 0 Å². The Kier molecular flexibility index (Phi) is 5.03. The molecule has 1 saturated heterocycles. The molecule has 21 heavy (non-hydrogen) atoms. The van der Waals surface area contributed by atoms with Gasteiger partial charge in [0.05, 0.1) is 30.1 Å². The van der Waals surface area contributed by atoms with Crippen molar-refractivity contribution in [3.8, 4) is 0 Å². The number of ether oxygens (including phenoxy) is 1.